The number of esters is 1. The van der Waals surface area contributed by atoms with Crippen molar-refractivity contribution in [3.63, 3.8) is 0 Å². The highest BCUT2D eigenvalue weighted by molar-refractivity contribution is 6.23. The molecule has 0 heterocycles. The second-order valence-electron chi connectivity index (χ2n) is 13.5. The maximum absolute atomic E-state index is 13.2. The zero-order chi connectivity index (χ0) is 26.6. The highest BCUT2D eigenvalue weighted by Gasteiger charge is 2.64. The summed E-state index contributed by atoms with van der Waals surface area (Å²) in [6.07, 6.45) is 12.7. The van der Waals surface area contributed by atoms with Gasteiger partial charge in [0.05, 0.1) is 13.0 Å². The summed E-state index contributed by atoms with van der Waals surface area (Å²) in [5, 5.41) is 0. The van der Waals surface area contributed by atoms with Crippen molar-refractivity contribution in [2.24, 2.45) is 57.7 Å². The lowest BCUT2D eigenvalue weighted by atomic mass is 9.44. The van der Waals surface area contributed by atoms with Crippen molar-refractivity contribution in [1.29, 1.82) is 0 Å². The maximum atomic E-state index is 13.2. The molecule has 9 atom stereocenters. The molecule has 0 spiro atoms. The van der Waals surface area contributed by atoms with Gasteiger partial charge in [-0.25, -0.2) is 0 Å². The van der Waals surface area contributed by atoms with Crippen molar-refractivity contribution < 1.29 is 23.9 Å². The Labute approximate surface area is 217 Å². The number of ether oxygens (including phenoxy) is 1. The van der Waals surface area contributed by atoms with E-state index >= 15 is 0 Å². The fourth-order valence-corrected chi connectivity index (χ4v) is 10.8. The molecule has 0 aromatic carbocycles. The van der Waals surface area contributed by atoms with E-state index in [0.717, 1.165) is 37.0 Å². The molecule has 5 nitrogen and oxygen atoms in total. The van der Waals surface area contributed by atoms with Crippen LogP contribution in [0.1, 0.15) is 106 Å². The van der Waals surface area contributed by atoms with Crippen LogP contribution in [0.15, 0.2) is 0 Å². The molecule has 0 radical (unpaired) electrons. The van der Waals surface area contributed by atoms with Crippen LogP contribution >= 0.6 is 0 Å². The van der Waals surface area contributed by atoms with E-state index in [1.807, 2.05) is 6.92 Å². The van der Waals surface area contributed by atoms with Crippen LogP contribution < -0.4 is 0 Å². The number of ketones is 3. The molecule has 0 aromatic rings. The van der Waals surface area contributed by atoms with E-state index < -0.39 is 28.9 Å². The number of hydrogen-bond donors (Lipinski definition) is 0. The lowest BCUT2D eigenvalue weighted by Crippen LogP contribution is -2.57. The number of rotatable bonds is 7. The van der Waals surface area contributed by atoms with Crippen LogP contribution in [-0.2, 0) is 23.9 Å². The molecule has 202 valence electrons. The molecule has 4 aliphatic carbocycles. The number of carbonyl (C=O) groups is 4. The third-order valence-electron chi connectivity index (χ3n) is 12.3. The Morgan fingerprint density at radius 1 is 0.806 bits per heavy atom. The van der Waals surface area contributed by atoms with Gasteiger partial charge in [-0.05, 0) is 118 Å². The molecule has 4 saturated carbocycles. The first-order valence-corrected chi connectivity index (χ1v) is 14.5. The molecule has 0 aromatic heterocycles. The van der Waals surface area contributed by atoms with Gasteiger partial charge in [-0.2, -0.15) is 0 Å². The Kier molecular flexibility index (Phi) is 7.38. The van der Waals surface area contributed by atoms with Gasteiger partial charge in [-0.3, -0.25) is 19.2 Å². The number of fused-ring (bicyclic) bond motifs is 5. The minimum absolute atomic E-state index is 0.0571. The summed E-state index contributed by atoms with van der Waals surface area (Å²) in [5.74, 6) is -0.389. The molecule has 5 heteroatoms. The van der Waals surface area contributed by atoms with Crippen LogP contribution in [0.25, 0.3) is 0 Å². The van der Waals surface area contributed by atoms with Crippen molar-refractivity contribution >= 4 is 23.3 Å². The number of hydrogen-bond acceptors (Lipinski definition) is 5. The zero-order valence-corrected chi connectivity index (χ0v) is 23.7. The van der Waals surface area contributed by atoms with Crippen molar-refractivity contribution in [2.45, 2.75) is 106 Å². The number of carbonyl (C=O) groups excluding carboxylic acids is 4. The third kappa shape index (κ3) is 3.76. The normalized spacial score (nSPS) is 39.7. The van der Waals surface area contributed by atoms with Crippen molar-refractivity contribution in [3.8, 4) is 0 Å². The maximum Gasteiger partial charge on any atom is 0.327 e. The second-order valence-corrected chi connectivity index (χ2v) is 13.5. The summed E-state index contributed by atoms with van der Waals surface area (Å²) in [6.45, 7) is 11.0. The Balaban J connectivity index is 1.68. The van der Waals surface area contributed by atoms with Crippen LogP contribution in [0.2, 0.25) is 0 Å². The SMILES string of the molecule is COC(=O)C(C(C)=O)(C(C)=O)C(C(C)=O)[C@@H](C)[C@H]1CC[C@H]2[C@@H]3CCC4CCCC[C@]4(C)[C@H]3CC[C@]12C. The fourth-order valence-electron chi connectivity index (χ4n) is 10.8. The van der Waals surface area contributed by atoms with Gasteiger partial charge in [0.25, 0.3) is 0 Å². The Bertz CT molecular complexity index is 908. The summed E-state index contributed by atoms with van der Waals surface area (Å²) in [7, 11) is 1.20. The van der Waals surface area contributed by atoms with E-state index in [1.54, 1.807) is 0 Å². The summed E-state index contributed by atoms with van der Waals surface area (Å²) in [4.78, 5) is 52.3. The van der Waals surface area contributed by atoms with Crippen molar-refractivity contribution in [1.82, 2.24) is 0 Å². The van der Waals surface area contributed by atoms with E-state index in [0.29, 0.717) is 11.3 Å². The molecular weight excluding hydrogens is 452 g/mol. The van der Waals surface area contributed by atoms with Gasteiger partial charge in [0.1, 0.15) is 5.78 Å². The van der Waals surface area contributed by atoms with E-state index in [4.69, 9.17) is 4.74 Å². The van der Waals surface area contributed by atoms with Crippen LogP contribution in [0, 0.1) is 57.7 Å². The Morgan fingerprint density at radius 3 is 2.03 bits per heavy atom. The van der Waals surface area contributed by atoms with Crippen LogP contribution in [0.5, 0.6) is 0 Å². The Morgan fingerprint density at radius 2 is 1.44 bits per heavy atom. The van der Waals surface area contributed by atoms with Crippen molar-refractivity contribution in [2.75, 3.05) is 7.11 Å². The van der Waals surface area contributed by atoms with Gasteiger partial charge in [-0.15, -0.1) is 0 Å². The first-order chi connectivity index (χ1) is 16.9. The lowest BCUT2D eigenvalue weighted by molar-refractivity contribution is -0.172. The predicted molar refractivity (Wildman–Crippen MR) is 139 cm³/mol. The lowest BCUT2D eigenvalue weighted by Gasteiger charge is -2.61. The first-order valence-electron chi connectivity index (χ1n) is 14.5. The molecule has 0 saturated heterocycles. The Hall–Kier alpha value is -1.52. The topological polar surface area (TPSA) is 77.5 Å². The quantitative estimate of drug-likeness (QED) is 0.307. The smallest absolute Gasteiger partial charge is 0.327 e. The summed E-state index contributed by atoms with van der Waals surface area (Å²) in [6, 6.07) is 0. The van der Waals surface area contributed by atoms with Gasteiger partial charge < -0.3 is 4.74 Å². The predicted octanol–water partition coefficient (Wildman–Crippen LogP) is 6.21. The summed E-state index contributed by atoms with van der Waals surface area (Å²) < 4.78 is 5.01. The molecule has 4 fully saturated rings. The summed E-state index contributed by atoms with van der Waals surface area (Å²) in [5.41, 5.74) is -1.53. The van der Waals surface area contributed by atoms with E-state index in [9.17, 15) is 19.2 Å². The number of Topliss-reactive ketones (excluding diaryl/α,β-unsaturated/α-hetero) is 3. The van der Waals surface area contributed by atoms with Gasteiger partial charge >= 0.3 is 5.97 Å². The van der Waals surface area contributed by atoms with Gasteiger partial charge in [-0.1, -0.05) is 33.6 Å². The monoisotopic (exact) mass is 500 g/mol. The minimum atomic E-state index is -2.06. The van der Waals surface area contributed by atoms with Gasteiger partial charge in [0.2, 0.25) is 0 Å². The average Bonchev–Trinajstić information content (AvgIpc) is 3.17. The van der Waals surface area contributed by atoms with E-state index in [1.165, 1.54) is 72.8 Å². The van der Waals surface area contributed by atoms with Gasteiger partial charge in [0.15, 0.2) is 17.0 Å². The molecule has 0 aliphatic heterocycles. The largest absolute Gasteiger partial charge is 0.468 e. The van der Waals surface area contributed by atoms with Gasteiger partial charge in [0, 0.05) is 0 Å². The van der Waals surface area contributed by atoms with Crippen LogP contribution in [0.3, 0.4) is 0 Å². The highest BCUT2D eigenvalue weighted by atomic mass is 16.5. The number of methoxy groups -OCH3 is 1. The summed E-state index contributed by atoms with van der Waals surface area (Å²) >= 11 is 0. The molecule has 4 rings (SSSR count). The van der Waals surface area contributed by atoms with Crippen LogP contribution in [-0.4, -0.2) is 30.4 Å². The standard InChI is InChI=1S/C31H48O5/c1-18(27(19(2)32)31(20(3)33,21(4)34)28(35)36-7)24-13-14-25-23-12-11-22-10-8-9-16-29(22,5)26(23)15-17-30(24,25)6/h18,22-27H,8-17H2,1-7H3/t18-,22?,23-,24+,25-,26-,27?,29-,30+/m0/s1. The van der Waals surface area contributed by atoms with E-state index in [2.05, 4.69) is 13.8 Å². The molecule has 0 N–H and O–H groups in total. The van der Waals surface area contributed by atoms with Crippen molar-refractivity contribution in [3.05, 3.63) is 0 Å². The molecule has 0 bridgehead atoms. The average molecular weight is 501 g/mol. The molecule has 4 aliphatic rings. The fraction of sp³-hybridized carbons (Fsp3) is 0.871. The molecular formula is C31H48O5. The minimum Gasteiger partial charge on any atom is -0.468 e. The first kappa shape index (κ1) is 27.5. The third-order valence-corrected chi connectivity index (χ3v) is 12.3. The van der Waals surface area contributed by atoms with Crippen LogP contribution in [0.4, 0.5) is 0 Å². The van der Waals surface area contributed by atoms with E-state index in [-0.39, 0.29) is 23.0 Å². The highest BCUT2D eigenvalue weighted by Crippen LogP contribution is 2.69. The molecule has 36 heavy (non-hydrogen) atoms. The second kappa shape index (κ2) is 9.66. The zero-order valence-electron chi connectivity index (χ0n) is 23.7. The molecule has 2 unspecified atom stereocenters. The molecule has 0 amide bonds.